The molecule has 0 aliphatic carbocycles. The van der Waals surface area contributed by atoms with Crippen LogP contribution < -0.4 is 0 Å². The summed E-state index contributed by atoms with van der Waals surface area (Å²) in [6.45, 7) is 3.44. The van der Waals surface area contributed by atoms with Gasteiger partial charge in [0.05, 0.1) is 5.92 Å². The van der Waals surface area contributed by atoms with Gasteiger partial charge in [-0.05, 0) is 13.3 Å². The lowest BCUT2D eigenvalue weighted by Crippen LogP contribution is -2.36. The Kier molecular flexibility index (Phi) is 5.06. The minimum Gasteiger partial charge on any atom is -0.481 e. The first kappa shape index (κ1) is 11.9. The van der Waals surface area contributed by atoms with Gasteiger partial charge in [0, 0.05) is 6.61 Å². The molecule has 0 spiro atoms. The molecule has 0 saturated heterocycles. The summed E-state index contributed by atoms with van der Waals surface area (Å²) in [6, 6.07) is 0. The zero-order valence-electron chi connectivity index (χ0n) is 7.69. The normalized spacial score (nSPS) is 14.9. The molecule has 0 aromatic carbocycles. The van der Waals surface area contributed by atoms with Gasteiger partial charge in [0.1, 0.15) is 0 Å². The van der Waals surface area contributed by atoms with E-state index in [-0.39, 0.29) is 13.0 Å². The van der Waals surface area contributed by atoms with E-state index in [0.717, 1.165) is 0 Å². The van der Waals surface area contributed by atoms with Crippen molar-refractivity contribution in [2.45, 2.75) is 26.4 Å². The van der Waals surface area contributed by atoms with Gasteiger partial charge in [0.15, 0.2) is 6.10 Å². The molecule has 0 aliphatic heterocycles. The Bertz CT molecular complexity index is 189. The molecule has 0 saturated carbocycles. The molecule has 76 valence electrons. The van der Waals surface area contributed by atoms with Crippen molar-refractivity contribution in [2.75, 3.05) is 6.61 Å². The summed E-state index contributed by atoms with van der Waals surface area (Å²) in [6.07, 6.45) is -1.00. The molecule has 0 fully saturated rings. The first-order valence-corrected chi connectivity index (χ1v) is 4.11. The fraction of sp³-hybridized carbons (Fsp3) is 0.750. The standard InChI is InChI=1S/C8H14O5/c1-3-5(7(9)10)6(8(11)12)13-4-2/h5-6H,3-4H2,1-2H3,(H,9,10)(H,11,12). The van der Waals surface area contributed by atoms with Gasteiger partial charge in [-0.25, -0.2) is 4.79 Å². The van der Waals surface area contributed by atoms with Crippen LogP contribution >= 0.6 is 0 Å². The molecule has 13 heavy (non-hydrogen) atoms. The quantitative estimate of drug-likeness (QED) is 0.640. The van der Waals surface area contributed by atoms with Gasteiger partial charge < -0.3 is 14.9 Å². The van der Waals surface area contributed by atoms with Gasteiger partial charge in [-0.2, -0.15) is 0 Å². The van der Waals surface area contributed by atoms with Crippen LogP contribution in [0.2, 0.25) is 0 Å². The van der Waals surface area contributed by atoms with E-state index in [1.807, 2.05) is 0 Å². The van der Waals surface area contributed by atoms with Crippen molar-refractivity contribution in [1.82, 2.24) is 0 Å². The van der Waals surface area contributed by atoms with Crippen LogP contribution in [-0.4, -0.2) is 34.9 Å². The van der Waals surface area contributed by atoms with Crippen LogP contribution in [0.4, 0.5) is 0 Å². The third-order valence-electron chi connectivity index (χ3n) is 1.71. The minimum absolute atomic E-state index is 0.195. The molecule has 2 unspecified atom stereocenters. The summed E-state index contributed by atoms with van der Waals surface area (Å²) in [4.78, 5) is 21.2. The average molecular weight is 190 g/mol. The van der Waals surface area contributed by atoms with E-state index in [4.69, 9.17) is 14.9 Å². The largest absolute Gasteiger partial charge is 0.481 e. The molecular weight excluding hydrogens is 176 g/mol. The maximum Gasteiger partial charge on any atom is 0.333 e. The molecule has 0 heterocycles. The number of hydrogen-bond acceptors (Lipinski definition) is 3. The molecule has 0 bridgehead atoms. The van der Waals surface area contributed by atoms with Crippen molar-refractivity contribution >= 4 is 11.9 Å². The third-order valence-corrected chi connectivity index (χ3v) is 1.71. The number of carboxylic acids is 2. The third kappa shape index (κ3) is 3.42. The van der Waals surface area contributed by atoms with Gasteiger partial charge in [-0.15, -0.1) is 0 Å². The lowest BCUT2D eigenvalue weighted by molar-refractivity contribution is -0.163. The van der Waals surface area contributed by atoms with Crippen LogP contribution in [0.25, 0.3) is 0 Å². The molecule has 0 amide bonds. The Hall–Kier alpha value is -1.10. The first-order chi connectivity index (χ1) is 6.04. The summed E-state index contributed by atoms with van der Waals surface area (Å²) in [5, 5.41) is 17.3. The van der Waals surface area contributed by atoms with Crippen LogP contribution in [0.5, 0.6) is 0 Å². The monoisotopic (exact) mass is 190 g/mol. The highest BCUT2D eigenvalue weighted by molar-refractivity contribution is 5.81. The SMILES string of the molecule is CCOC(C(=O)O)C(CC)C(=O)O. The lowest BCUT2D eigenvalue weighted by Gasteiger charge is -2.18. The van der Waals surface area contributed by atoms with Crippen LogP contribution in [0.3, 0.4) is 0 Å². The molecule has 0 aromatic heterocycles. The van der Waals surface area contributed by atoms with Crippen molar-refractivity contribution in [3.8, 4) is 0 Å². The second-order valence-electron chi connectivity index (χ2n) is 2.57. The van der Waals surface area contributed by atoms with Gasteiger partial charge in [0.2, 0.25) is 0 Å². The van der Waals surface area contributed by atoms with E-state index in [1.165, 1.54) is 0 Å². The van der Waals surface area contributed by atoms with E-state index in [9.17, 15) is 9.59 Å². The number of carboxylic acid groups (broad SMARTS) is 2. The molecule has 0 radical (unpaired) electrons. The summed E-state index contributed by atoms with van der Waals surface area (Å²) in [7, 11) is 0. The average Bonchev–Trinajstić information content (AvgIpc) is 2.03. The topological polar surface area (TPSA) is 83.8 Å². The van der Waals surface area contributed by atoms with Crippen molar-refractivity contribution in [3.63, 3.8) is 0 Å². The van der Waals surface area contributed by atoms with Crippen LogP contribution in [0.1, 0.15) is 20.3 Å². The van der Waals surface area contributed by atoms with Gasteiger partial charge in [-0.3, -0.25) is 4.79 Å². The first-order valence-electron chi connectivity index (χ1n) is 4.11. The highest BCUT2D eigenvalue weighted by atomic mass is 16.5. The smallest absolute Gasteiger partial charge is 0.333 e. The Morgan fingerprint density at radius 1 is 1.23 bits per heavy atom. The number of aliphatic carboxylic acids is 2. The molecule has 0 rings (SSSR count). The van der Waals surface area contributed by atoms with Crippen molar-refractivity contribution in [3.05, 3.63) is 0 Å². The van der Waals surface area contributed by atoms with Gasteiger partial charge in [-0.1, -0.05) is 6.92 Å². The Morgan fingerprint density at radius 3 is 2.00 bits per heavy atom. The molecule has 0 aliphatic rings. The molecule has 0 aromatic rings. The van der Waals surface area contributed by atoms with Crippen molar-refractivity contribution in [2.24, 2.45) is 5.92 Å². The second kappa shape index (κ2) is 5.53. The van der Waals surface area contributed by atoms with Crippen molar-refractivity contribution in [1.29, 1.82) is 0 Å². The van der Waals surface area contributed by atoms with Gasteiger partial charge in [0.25, 0.3) is 0 Å². The van der Waals surface area contributed by atoms with Crippen LogP contribution in [0, 0.1) is 5.92 Å². The molecule has 5 heteroatoms. The van der Waals surface area contributed by atoms with E-state index < -0.39 is 24.0 Å². The second-order valence-corrected chi connectivity index (χ2v) is 2.57. The Balaban J connectivity index is 4.48. The number of hydrogen-bond donors (Lipinski definition) is 2. The number of rotatable bonds is 6. The predicted molar refractivity (Wildman–Crippen MR) is 44.5 cm³/mol. The molecule has 2 N–H and O–H groups in total. The Labute approximate surface area is 76.3 Å². The molecular formula is C8H14O5. The van der Waals surface area contributed by atoms with Crippen LogP contribution in [0.15, 0.2) is 0 Å². The van der Waals surface area contributed by atoms with E-state index >= 15 is 0 Å². The van der Waals surface area contributed by atoms with Crippen LogP contribution in [-0.2, 0) is 14.3 Å². The van der Waals surface area contributed by atoms with Crippen molar-refractivity contribution < 1.29 is 24.5 Å². The highest BCUT2D eigenvalue weighted by Gasteiger charge is 2.32. The predicted octanol–water partition coefficient (Wildman–Crippen LogP) is 0.587. The molecule has 2 atom stereocenters. The lowest BCUT2D eigenvalue weighted by atomic mass is 10.00. The highest BCUT2D eigenvalue weighted by Crippen LogP contribution is 2.13. The van der Waals surface area contributed by atoms with E-state index in [2.05, 4.69) is 0 Å². The zero-order valence-corrected chi connectivity index (χ0v) is 7.69. The fourth-order valence-corrected chi connectivity index (χ4v) is 1.06. The molecule has 5 nitrogen and oxygen atoms in total. The minimum atomic E-state index is -1.24. The Morgan fingerprint density at radius 2 is 1.77 bits per heavy atom. The van der Waals surface area contributed by atoms with Gasteiger partial charge >= 0.3 is 11.9 Å². The summed E-state index contributed by atoms with van der Waals surface area (Å²) in [5.74, 6) is -3.34. The van der Waals surface area contributed by atoms with E-state index in [0.29, 0.717) is 0 Å². The van der Waals surface area contributed by atoms with E-state index in [1.54, 1.807) is 13.8 Å². The summed E-state index contributed by atoms with van der Waals surface area (Å²) >= 11 is 0. The number of ether oxygens (including phenoxy) is 1. The fourth-order valence-electron chi connectivity index (χ4n) is 1.06. The number of carbonyl (C=O) groups is 2. The zero-order chi connectivity index (χ0) is 10.4. The maximum atomic E-state index is 10.6. The summed E-state index contributed by atoms with van der Waals surface area (Å²) < 4.78 is 4.84. The summed E-state index contributed by atoms with van der Waals surface area (Å²) in [5.41, 5.74) is 0. The maximum absolute atomic E-state index is 10.6.